The Balaban J connectivity index is 1.85. The molecule has 0 amide bonds. The Morgan fingerprint density at radius 3 is 2.41 bits per heavy atom. The molecule has 0 bridgehead atoms. The Morgan fingerprint density at radius 2 is 1.79 bits per heavy atom. The number of aryl methyl sites for hydroxylation is 1. The second kappa shape index (κ2) is 7.25. The predicted octanol–water partition coefficient (Wildman–Crippen LogP) is 2.57. The molecule has 0 aliphatic carbocycles. The van der Waals surface area contributed by atoms with E-state index in [9.17, 15) is 4.79 Å². The molecule has 2 aromatic carbocycles. The highest BCUT2D eigenvalue weighted by Gasteiger charge is 2.13. The maximum absolute atomic E-state index is 13.1. The quantitative estimate of drug-likeness (QED) is 0.427. The lowest BCUT2D eigenvalue weighted by Crippen LogP contribution is -2.25. The lowest BCUT2D eigenvalue weighted by molar-refractivity contribution is 0.708. The van der Waals surface area contributed by atoms with E-state index >= 15 is 0 Å². The molecule has 0 radical (unpaired) electrons. The fourth-order valence-electron chi connectivity index (χ4n) is 3.05. The molecule has 4 aromatic rings. The van der Waals surface area contributed by atoms with Gasteiger partial charge in [0.05, 0.1) is 11.2 Å². The van der Waals surface area contributed by atoms with E-state index in [1.54, 1.807) is 34.9 Å². The van der Waals surface area contributed by atoms with Gasteiger partial charge in [-0.3, -0.25) is 10.2 Å². The fourth-order valence-corrected chi connectivity index (χ4v) is 3.05. The molecule has 0 fully saturated rings. The van der Waals surface area contributed by atoms with Gasteiger partial charge in [-0.05, 0) is 37.3 Å². The average Bonchev–Trinajstić information content (AvgIpc) is 3.18. The first-order valence-electron chi connectivity index (χ1n) is 8.78. The molecule has 29 heavy (non-hydrogen) atoms. The molecule has 0 aliphatic heterocycles. The Labute approximate surface area is 164 Å². The summed E-state index contributed by atoms with van der Waals surface area (Å²) in [6, 6.07) is 17.8. The summed E-state index contributed by atoms with van der Waals surface area (Å²) in [7, 11) is 0. The van der Waals surface area contributed by atoms with E-state index in [2.05, 4.69) is 20.7 Å². The van der Waals surface area contributed by atoms with E-state index in [1.165, 1.54) is 4.80 Å². The summed E-state index contributed by atoms with van der Waals surface area (Å²) >= 11 is 0. The highest BCUT2D eigenvalue weighted by molar-refractivity contribution is 6.10. The summed E-state index contributed by atoms with van der Waals surface area (Å²) in [5.41, 5.74) is 5.17. The van der Waals surface area contributed by atoms with E-state index in [-0.39, 0.29) is 11.3 Å². The maximum Gasteiger partial charge on any atom is 0.278 e. The van der Waals surface area contributed by atoms with Crippen LogP contribution in [0.4, 0.5) is 5.69 Å². The summed E-state index contributed by atoms with van der Waals surface area (Å²) in [6.45, 7) is 2.32. The van der Waals surface area contributed by atoms with Gasteiger partial charge in [0.2, 0.25) is 5.71 Å². The number of nitrogens with zero attached hydrogens (tertiary/aromatic N) is 7. The smallest absolute Gasteiger partial charge is 0.278 e. The third-order valence-corrected chi connectivity index (χ3v) is 4.40. The van der Waals surface area contributed by atoms with Crippen LogP contribution < -0.4 is 11.0 Å². The molecule has 140 valence electrons. The van der Waals surface area contributed by atoms with Crippen molar-refractivity contribution < 1.29 is 0 Å². The molecule has 0 saturated heterocycles. The van der Waals surface area contributed by atoms with Crippen molar-refractivity contribution in [3.8, 4) is 17.8 Å². The molecule has 9 heteroatoms. The number of pyridine rings is 1. The van der Waals surface area contributed by atoms with Gasteiger partial charge in [0.1, 0.15) is 23.2 Å². The highest BCUT2D eigenvalue weighted by atomic mass is 16.1. The van der Waals surface area contributed by atoms with Crippen molar-refractivity contribution in [2.75, 3.05) is 5.43 Å². The van der Waals surface area contributed by atoms with Gasteiger partial charge < -0.3 is 4.57 Å². The van der Waals surface area contributed by atoms with Crippen LogP contribution in [-0.2, 0) is 6.54 Å². The lowest BCUT2D eigenvalue weighted by atomic mass is 10.2. The molecular formula is C20H14N8O. The van der Waals surface area contributed by atoms with Crippen LogP contribution in [0.5, 0.6) is 0 Å². The third kappa shape index (κ3) is 3.17. The molecule has 0 atom stereocenters. The SMILES string of the molecule is CCn1c(=O)c(-n2nc3ccccc3n2)cc2ccc(NN=C(C#N)C#N)cc21. The van der Waals surface area contributed by atoms with Crippen LogP contribution in [0.3, 0.4) is 0 Å². The number of rotatable bonds is 4. The number of benzene rings is 2. The van der Waals surface area contributed by atoms with Crippen LogP contribution in [-0.4, -0.2) is 25.3 Å². The first-order valence-corrected chi connectivity index (χ1v) is 8.78. The maximum atomic E-state index is 13.1. The van der Waals surface area contributed by atoms with Crippen molar-refractivity contribution in [3.63, 3.8) is 0 Å². The number of hydrazone groups is 1. The minimum atomic E-state index is -0.287. The summed E-state index contributed by atoms with van der Waals surface area (Å²) in [6.07, 6.45) is 0. The van der Waals surface area contributed by atoms with Crippen LogP contribution in [0.2, 0.25) is 0 Å². The van der Waals surface area contributed by atoms with Gasteiger partial charge in [0.25, 0.3) is 5.56 Å². The molecule has 0 aliphatic rings. The summed E-state index contributed by atoms with van der Waals surface area (Å²) < 4.78 is 1.61. The molecule has 0 saturated carbocycles. The van der Waals surface area contributed by atoms with Crippen LogP contribution >= 0.6 is 0 Å². The zero-order valence-electron chi connectivity index (χ0n) is 15.4. The Morgan fingerprint density at radius 1 is 1.10 bits per heavy atom. The van der Waals surface area contributed by atoms with Gasteiger partial charge in [-0.1, -0.05) is 18.2 Å². The summed E-state index contributed by atoms with van der Waals surface area (Å²) in [5.74, 6) is 0. The van der Waals surface area contributed by atoms with Crippen LogP contribution in [0.1, 0.15) is 6.92 Å². The Bertz CT molecular complexity index is 1370. The molecule has 0 unspecified atom stereocenters. The zero-order chi connectivity index (χ0) is 20.4. The highest BCUT2D eigenvalue weighted by Crippen LogP contribution is 2.21. The van der Waals surface area contributed by atoms with Gasteiger partial charge in [-0.15, -0.1) is 15.0 Å². The number of nitriles is 2. The predicted molar refractivity (Wildman–Crippen MR) is 109 cm³/mol. The van der Waals surface area contributed by atoms with E-state index < -0.39 is 0 Å². The molecule has 2 heterocycles. The number of hydrogen-bond donors (Lipinski definition) is 1. The van der Waals surface area contributed by atoms with E-state index in [4.69, 9.17) is 10.5 Å². The second-order valence-electron chi connectivity index (χ2n) is 6.13. The molecule has 1 N–H and O–H groups in total. The van der Waals surface area contributed by atoms with Crippen molar-refractivity contribution in [2.24, 2.45) is 5.10 Å². The molecule has 4 rings (SSSR count). The lowest BCUT2D eigenvalue weighted by Gasteiger charge is -2.12. The monoisotopic (exact) mass is 382 g/mol. The minimum absolute atomic E-state index is 0.226. The van der Waals surface area contributed by atoms with Crippen LogP contribution in [0, 0.1) is 22.7 Å². The average molecular weight is 382 g/mol. The van der Waals surface area contributed by atoms with Gasteiger partial charge in [-0.25, -0.2) is 0 Å². The van der Waals surface area contributed by atoms with Gasteiger partial charge in [-0.2, -0.15) is 15.6 Å². The van der Waals surface area contributed by atoms with Gasteiger partial charge >= 0.3 is 0 Å². The molecule has 0 spiro atoms. The fraction of sp³-hybridized carbons (Fsp3) is 0.100. The number of aromatic nitrogens is 4. The Kier molecular flexibility index (Phi) is 4.47. The van der Waals surface area contributed by atoms with E-state index in [0.717, 1.165) is 5.39 Å². The van der Waals surface area contributed by atoms with Gasteiger partial charge in [0, 0.05) is 11.9 Å². The topological polar surface area (TPSA) is 125 Å². The van der Waals surface area contributed by atoms with E-state index in [1.807, 2.05) is 37.3 Å². The standard InChI is InChI=1S/C20H14N8O/c1-2-27-18-10-14(23-24-15(11-21)12-22)8-7-13(18)9-19(20(27)29)28-25-16-5-3-4-6-17(16)26-28/h3-10,23H,2H2,1H3. The largest absolute Gasteiger partial charge is 0.307 e. The van der Waals surface area contributed by atoms with Crippen molar-refractivity contribution in [3.05, 3.63) is 58.9 Å². The number of fused-ring (bicyclic) bond motifs is 2. The first-order chi connectivity index (χ1) is 14.1. The molecule has 2 aromatic heterocycles. The number of nitrogens with one attached hydrogen (secondary N) is 1. The van der Waals surface area contributed by atoms with Crippen molar-refractivity contribution in [1.82, 2.24) is 19.6 Å². The number of anilines is 1. The van der Waals surface area contributed by atoms with Crippen molar-refractivity contribution in [1.29, 1.82) is 10.5 Å². The van der Waals surface area contributed by atoms with Gasteiger partial charge in [0.15, 0.2) is 5.69 Å². The van der Waals surface area contributed by atoms with Crippen molar-refractivity contribution >= 4 is 33.3 Å². The summed E-state index contributed by atoms with van der Waals surface area (Å²) in [4.78, 5) is 14.5. The Hall–Kier alpha value is -4.50. The molecule has 9 nitrogen and oxygen atoms in total. The molecular weight excluding hydrogens is 368 g/mol. The summed E-state index contributed by atoms with van der Waals surface area (Å²) in [5, 5.41) is 30.9. The minimum Gasteiger partial charge on any atom is -0.307 e. The second-order valence-corrected chi connectivity index (χ2v) is 6.13. The van der Waals surface area contributed by atoms with Crippen LogP contribution in [0.25, 0.3) is 27.6 Å². The normalized spacial score (nSPS) is 10.4. The third-order valence-electron chi connectivity index (χ3n) is 4.40. The number of hydrogen-bond acceptors (Lipinski definition) is 7. The van der Waals surface area contributed by atoms with Crippen molar-refractivity contribution in [2.45, 2.75) is 13.5 Å². The van der Waals surface area contributed by atoms with E-state index in [0.29, 0.717) is 34.5 Å². The first kappa shape index (κ1) is 17.9. The zero-order valence-corrected chi connectivity index (χ0v) is 15.4. The van der Waals surface area contributed by atoms with Crippen LogP contribution in [0.15, 0.2) is 58.4 Å².